The molecule has 3 rings (SSSR count). The number of fused-ring (bicyclic) bond motifs is 1. The summed E-state index contributed by atoms with van der Waals surface area (Å²) < 4.78 is 21.9. The van der Waals surface area contributed by atoms with Crippen LogP contribution in [0.25, 0.3) is 0 Å². The minimum atomic E-state index is -0.151. The minimum absolute atomic E-state index is 0.126. The average molecular weight is 385 g/mol. The van der Waals surface area contributed by atoms with Gasteiger partial charge in [-0.25, -0.2) is 0 Å². The molecule has 1 aliphatic heterocycles. The number of aldehydes is 1. The Morgan fingerprint density at radius 3 is 2.64 bits per heavy atom. The minimum Gasteiger partial charge on any atom is -0.490 e. The number of ether oxygens (including phenoxy) is 4. The van der Waals surface area contributed by atoms with Gasteiger partial charge in [-0.1, -0.05) is 6.07 Å². The third-order valence-electron chi connectivity index (χ3n) is 4.30. The van der Waals surface area contributed by atoms with Gasteiger partial charge in [0.2, 0.25) is 6.79 Å². The lowest BCUT2D eigenvalue weighted by molar-refractivity contribution is -0.133. The molecule has 0 spiro atoms. The van der Waals surface area contributed by atoms with Gasteiger partial charge in [0.15, 0.2) is 29.6 Å². The second kappa shape index (κ2) is 9.12. The van der Waals surface area contributed by atoms with Crippen LogP contribution >= 0.6 is 0 Å². The van der Waals surface area contributed by atoms with Gasteiger partial charge in [0.05, 0.1) is 6.61 Å². The summed E-state index contributed by atoms with van der Waals surface area (Å²) >= 11 is 0. The summed E-state index contributed by atoms with van der Waals surface area (Å²) in [5, 5.41) is 0. The molecule has 0 aliphatic carbocycles. The molecule has 0 fully saturated rings. The van der Waals surface area contributed by atoms with Gasteiger partial charge in [-0.2, -0.15) is 0 Å². The Bertz CT molecular complexity index is 851. The Labute approximate surface area is 163 Å². The van der Waals surface area contributed by atoms with Crippen molar-refractivity contribution in [3.8, 4) is 23.0 Å². The van der Waals surface area contributed by atoms with Crippen molar-refractivity contribution in [2.24, 2.45) is 0 Å². The number of amides is 1. The molecule has 1 amide bonds. The fourth-order valence-electron chi connectivity index (χ4n) is 2.85. The molecule has 7 heteroatoms. The number of hydrogen-bond donors (Lipinski definition) is 0. The number of carbonyl (C=O) groups is 2. The third-order valence-corrected chi connectivity index (χ3v) is 4.30. The summed E-state index contributed by atoms with van der Waals surface area (Å²) in [7, 11) is 0. The van der Waals surface area contributed by atoms with Crippen LogP contribution in [0, 0.1) is 0 Å². The number of hydrogen-bond acceptors (Lipinski definition) is 6. The normalized spacial score (nSPS) is 11.8. The van der Waals surface area contributed by atoms with Crippen LogP contribution in [0.5, 0.6) is 23.0 Å². The van der Waals surface area contributed by atoms with E-state index >= 15 is 0 Å². The second-order valence-corrected chi connectivity index (χ2v) is 6.14. The molecule has 2 aromatic carbocycles. The molecule has 0 aromatic heterocycles. The molecule has 148 valence electrons. The van der Waals surface area contributed by atoms with Crippen molar-refractivity contribution < 1.29 is 28.5 Å². The summed E-state index contributed by atoms with van der Waals surface area (Å²) in [6.45, 7) is 5.25. The predicted octanol–water partition coefficient (Wildman–Crippen LogP) is 3.05. The fourth-order valence-corrected chi connectivity index (χ4v) is 2.85. The Morgan fingerprint density at radius 1 is 1.07 bits per heavy atom. The Morgan fingerprint density at radius 2 is 1.89 bits per heavy atom. The first-order valence-electron chi connectivity index (χ1n) is 9.15. The molecule has 2 aromatic rings. The van der Waals surface area contributed by atoms with E-state index < -0.39 is 0 Å². The van der Waals surface area contributed by atoms with Crippen molar-refractivity contribution in [2.45, 2.75) is 20.4 Å². The van der Waals surface area contributed by atoms with Crippen LogP contribution in [-0.4, -0.2) is 43.6 Å². The highest BCUT2D eigenvalue weighted by Crippen LogP contribution is 2.33. The Hall–Kier alpha value is -3.22. The molecule has 7 nitrogen and oxygen atoms in total. The SMILES string of the molecule is CCOc1cc(C=O)ccc1OCC(=O)N(CC)Cc1ccc2c(c1)OCO2. The smallest absolute Gasteiger partial charge is 0.260 e. The average Bonchev–Trinajstić information content (AvgIpc) is 3.18. The monoisotopic (exact) mass is 385 g/mol. The van der Waals surface area contributed by atoms with Crippen LogP contribution in [0.4, 0.5) is 0 Å². The van der Waals surface area contributed by atoms with E-state index in [1.54, 1.807) is 23.1 Å². The maximum absolute atomic E-state index is 12.6. The van der Waals surface area contributed by atoms with Crippen molar-refractivity contribution in [1.82, 2.24) is 4.90 Å². The van der Waals surface area contributed by atoms with Crippen LogP contribution in [0.15, 0.2) is 36.4 Å². The van der Waals surface area contributed by atoms with Crippen molar-refractivity contribution in [2.75, 3.05) is 26.6 Å². The maximum Gasteiger partial charge on any atom is 0.260 e. The van der Waals surface area contributed by atoms with Gasteiger partial charge in [-0.05, 0) is 49.7 Å². The number of nitrogens with zero attached hydrogens (tertiary/aromatic N) is 1. The summed E-state index contributed by atoms with van der Waals surface area (Å²) in [6, 6.07) is 10.5. The lowest BCUT2D eigenvalue weighted by Gasteiger charge is -2.21. The van der Waals surface area contributed by atoms with E-state index in [2.05, 4.69) is 0 Å². The van der Waals surface area contributed by atoms with Gasteiger partial charge in [-0.3, -0.25) is 9.59 Å². The van der Waals surface area contributed by atoms with Crippen LogP contribution in [0.3, 0.4) is 0 Å². The molecule has 0 bridgehead atoms. The van der Waals surface area contributed by atoms with E-state index in [1.807, 2.05) is 32.0 Å². The van der Waals surface area contributed by atoms with Crippen LogP contribution < -0.4 is 18.9 Å². The first kappa shape index (κ1) is 19.5. The van der Waals surface area contributed by atoms with E-state index in [-0.39, 0.29) is 19.3 Å². The largest absolute Gasteiger partial charge is 0.490 e. The lowest BCUT2D eigenvalue weighted by atomic mass is 10.2. The Kier molecular flexibility index (Phi) is 6.37. The standard InChI is InChI=1S/C21H23NO6/c1-3-22(11-15-5-7-18-20(9-15)28-14-27-18)21(24)13-26-17-8-6-16(12-23)10-19(17)25-4-2/h5-10,12H,3-4,11,13-14H2,1-2H3. The molecule has 1 heterocycles. The number of likely N-dealkylation sites (N-methyl/N-ethyl adjacent to an activating group) is 1. The zero-order valence-electron chi connectivity index (χ0n) is 16.0. The van der Waals surface area contributed by atoms with E-state index in [9.17, 15) is 9.59 Å². The second-order valence-electron chi connectivity index (χ2n) is 6.14. The van der Waals surface area contributed by atoms with Crippen molar-refractivity contribution in [3.63, 3.8) is 0 Å². The summed E-state index contributed by atoms with van der Waals surface area (Å²) in [5.74, 6) is 2.12. The predicted molar refractivity (Wildman–Crippen MR) is 102 cm³/mol. The van der Waals surface area contributed by atoms with E-state index in [0.717, 1.165) is 11.8 Å². The zero-order chi connectivity index (χ0) is 19.9. The van der Waals surface area contributed by atoms with Gasteiger partial charge in [0, 0.05) is 18.7 Å². The quantitative estimate of drug-likeness (QED) is 0.618. The van der Waals surface area contributed by atoms with Crippen molar-refractivity contribution in [3.05, 3.63) is 47.5 Å². The van der Waals surface area contributed by atoms with E-state index in [0.29, 0.717) is 48.3 Å². The first-order chi connectivity index (χ1) is 13.6. The molecular formula is C21H23NO6. The summed E-state index contributed by atoms with van der Waals surface area (Å²) in [6.07, 6.45) is 0.738. The van der Waals surface area contributed by atoms with Gasteiger partial charge in [0.25, 0.3) is 5.91 Å². The maximum atomic E-state index is 12.6. The fraction of sp³-hybridized carbons (Fsp3) is 0.333. The number of benzene rings is 2. The molecule has 0 radical (unpaired) electrons. The zero-order valence-corrected chi connectivity index (χ0v) is 16.0. The lowest BCUT2D eigenvalue weighted by Crippen LogP contribution is -2.34. The highest BCUT2D eigenvalue weighted by Gasteiger charge is 2.18. The van der Waals surface area contributed by atoms with Gasteiger partial charge in [-0.15, -0.1) is 0 Å². The molecule has 1 aliphatic rings. The topological polar surface area (TPSA) is 74.3 Å². The highest BCUT2D eigenvalue weighted by molar-refractivity contribution is 5.78. The first-order valence-corrected chi connectivity index (χ1v) is 9.15. The van der Waals surface area contributed by atoms with Gasteiger partial charge >= 0.3 is 0 Å². The third kappa shape index (κ3) is 4.54. The molecule has 0 atom stereocenters. The number of rotatable bonds is 9. The molecule has 0 saturated carbocycles. The van der Waals surface area contributed by atoms with Gasteiger partial charge in [0.1, 0.15) is 6.29 Å². The van der Waals surface area contributed by atoms with Crippen molar-refractivity contribution in [1.29, 1.82) is 0 Å². The van der Waals surface area contributed by atoms with Crippen molar-refractivity contribution >= 4 is 12.2 Å². The Balaban J connectivity index is 1.63. The molecular weight excluding hydrogens is 362 g/mol. The van der Waals surface area contributed by atoms with Crippen LogP contribution in [0.1, 0.15) is 29.8 Å². The summed E-state index contributed by atoms with van der Waals surface area (Å²) in [5.41, 5.74) is 1.44. The van der Waals surface area contributed by atoms with E-state index in [1.165, 1.54) is 0 Å². The van der Waals surface area contributed by atoms with E-state index in [4.69, 9.17) is 18.9 Å². The highest BCUT2D eigenvalue weighted by atomic mass is 16.7. The number of carbonyl (C=O) groups excluding carboxylic acids is 2. The molecule has 28 heavy (non-hydrogen) atoms. The van der Waals surface area contributed by atoms with Gasteiger partial charge < -0.3 is 23.8 Å². The molecule has 0 unspecified atom stereocenters. The summed E-state index contributed by atoms with van der Waals surface area (Å²) in [4.78, 5) is 25.3. The molecule has 0 N–H and O–H groups in total. The van der Waals surface area contributed by atoms with Crippen LogP contribution in [-0.2, 0) is 11.3 Å². The molecule has 0 saturated heterocycles. The van der Waals surface area contributed by atoms with Crippen LogP contribution in [0.2, 0.25) is 0 Å².